The van der Waals surface area contributed by atoms with E-state index in [-0.39, 0.29) is 0 Å². The van der Waals surface area contributed by atoms with Gasteiger partial charge in [-0.05, 0) is 17.7 Å². The van der Waals surface area contributed by atoms with Gasteiger partial charge in [-0.25, -0.2) is 4.79 Å². The maximum atomic E-state index is 10.7. The van der Waals surface area contributed by atoms with Crippen molar-refractivity contribution < 1.29 is 19.7 Å². The third kappa shape index (κ3) is 1.85. The Bertz CT molecular complexity index is 416. The molecule has 80 valence electrons. The molecule has 4 nitrogen and oxygen atoms in total. The monoisotopic (exact) mass is 272 g/mol. The van der Waals surface area contributed by atoms with Crippen molar-refractivity contribution >= 4 is 21.9 Å². The zero-order chi connectivity index (χ0) is 11.0. The lowest BCUT2D eigenvalue weighted by atomic mass is 10.0. The second-order valence-corrected chi connectivity index (χ2v) is 4.24. The van der Waals surface area contributed by atoms with Crippen LogP contribution >= 0.6 is 15.9 Å². The summed E-state index contributed by atoms with van der Waals surface area (Å²) in [5, 5.41) is 18.2. The molecule has 0 aromatic heterocycles. The maximum absolute atomic E-state index is 10.7. The molecule has 0 saturated carbocycles. The summed E-state index contributed by atoms with van der Waals surface area (Å²) in [6, 6.07) is 3.45. The first kappa shape index (κ1) is 10.4. The van der Waals surface area contributed by atoms with E-state index in [1.54, 1.807) is 6.07 Å². The summed E-state index contributed by atoms with van der Waals surface area (Å²) in [6.07, 6.45) is -0.789. The fourth-order valence-corrected chi connectivity index (χ4v) is 2.16. The summed E-state index contributed by atoms with van der Waals surface area (Å²) < 4.78 is 6.06. The maximum Gasteiger partial charge on any atom is 0.337 e. The van der Waals surface area contributed by atoms with Crippen molar-refractivity contribution in [3.05, 3.63) is 27.7 Å². The Balaban J connectivity index is 2.51. The number of aliphatic hydroxyl groups is 1. The standard InChI is InChI=1S/C10H9BrO4/c11-6-3-5-1-2-15-9(5)7(4-6)8(12)10(13)14/h3-4,8,12H,1-2H2,(H,13,14). The lowest BCUT2D eigenvalue weighted by Gasteiger charge is -2.11. The van der Waals surface area contributed by atoms with E-state index in [0.29, 0.717) is 17.9 Å². The quantitative estimate of drug-likeness (QED) is 0.857. The Morgan fingerprint density at radius 3 is 2.93 bits per heavy atom. The second-order valence-electron chi connectivity index (χ2n) is 3.32. The molecule has 2 rings (SSSR count). The predicted octanol–water partition coefficient (Wildman–Crippen LogP) is 1.50. The summed E-state index contributed by atoms with van der Waals surface area (Å²) in [5.74, 6) is -0.765. The minimum atomic E-state index is -1.53. The van der Waals surface area contributed by atoms with Gasteiger partial charge in [0, 0.05) is 16.5 Å². The van der Waals surface area contributed by atoms with Crippen LogP contribution in [-0.2, 0) is 11.2 Å². The molecule has 1 atom stereocenters. The van der Waals surface area contributed by atoms with E-state index in [0.717, 1.165) is 16.5 Å². The first-order valence-electron chi connectivity index (χ1n) is 4.45. The van der Waals surface area contributed by atoms with E-state index < -0.39 is 12.1 Å². The molecule has 1 aliphatic heterocycles. The van der Waals surface area contributed by atoms with Crippen LogP contribution in [0, 0.1) is 0 Å². The van der Waals surface area contributed by atoms with Gasteiger partial charge in [0.05, 0.1) is 6.61 Å². The molecule has 0 bridgehead atoms. The number of carboxylic acids is 1. The molecular weight excluding hydrogens is 264 g/mol. The van der Waals surface area contributed by atoms with E-state index in [2.05, 4.69) is 15.9 Å². The molecule has 0 fully saturated rings. The molecule has 0 amide bonds. The van der Waals surface area contributed by atoms with Crippen molar-refractivity contribution in [2.24, 2.45) is 0 Å². The number of hydrogen-bond acceptors (Lipinski definition) is 3. The van der Waals surface area contributed by atoms with Gasteiger partial charge in [0.25, 0.3) is 0 Å². The van der Waals surface area contributed by atoms with Crippen LogP contribution in [0.4, 0.5) is 0 Å². The fraction of sp³-hybridized carbons (Fsp3) is 0.300. The number of carboxylic acid groups (broad SMARTS) is 1. The average molecular weight is 273 g/mol. The Kier molecular flexibility index (Phi) is 2.67. The first-order chi connectivity index (χ1) is 7.09. The number of benzene rings is 1. The highest BCUT2D eigenvalue weighted by molar-refractivity contribution is 9.10. The van der Waals surface area contributed by atoms with E-state index in [4.69, 9.17) is 9.84 Å². The molecule has 15 heavy (non-hydrogen) atoms. The van der Waals surface area contributed by atoms with Crippen molar-refractivity contribution in [2.75, 3.05) is 6.61 Å². The number of aliphatic hydroxyl groups excluding tert-OH is 1. The third-order valence-electron chi connectivity index (χ3n) is 2.31. The molecule has 0 aliphatic carbocycles. The van der Waals surface area contributed by atoms with Gasteiger partial charge >= 0.3 is 5.97 Å². The number of carbonyl (C=O) groups is 1. The molecule has 5 heteroatoms. The summed E-state index contributed by atoms with van der Waals surface area (Å²) in [5.41, 5.74) is 1.24. The summed E-state index contributed by atoms with van der Waals surface area (Å²) in [6.45, 7) is 0.533. The molecule has 1 heterocycles. The van der Waals surface area contributed by atoms with Crippen molar-refractivity contribution in [3.63, 3.8) is 0 Å². The predicted molar refractivity (Wildman–Crippen MR) is 55.9 cm³/mol. The van der Waals surface area contributed by atoms with Crippen LogP contribution in [0.15, 0.2) is 16.6 Å². The summed E-state index contributed by atoms with van der Waals surface area (Å²) in [7, 11) is 0. The van der Waals surface area contributed by atoms with Crippen LogP contribution in [0.5, 0.6) is 5.75 Å². The summed E-state index contributed by atoms with van der Waals surface area (Å²) in [4.78, 5) is 10.7. The highest BCUT2D eigenvalue weighted by atomic mass is 79.9. The second kappa shape index (κ2) is 3.83. The SMILES string of the molecule is O=C(O)C(O)c1cc(Br)cc2c1OCC2. The van der Waals surface area contributed by atoms with Crippen LogP contribution in [0.3, 0.4) is 0 Å². The smallest absolute Gasteiger partial charge is 0.337 e. The van der Waals surface area contributed by atoms with E-state index in [1.165, 1.54) is 0 Å². The van der Waals surface area contributed by atoms with Gasteiger partial charge in [-0.3, -0.25) is 0 Å². The molecular formula is C10H9BrO4. The van der Waals surface area contributed by atoms with Crippen LogP contribution in [0.2, 0.25) is 0 Å². The van der Waals surface area contributed by atoms with Gasteiger partial charge in [0.1, 0.15) is 5.75 Å². The summed E-state index contributed by atoms with van der Waals surface area (Å²) >= 11 is 3.27. The normalized spacial score (nSPS) is 15.6. The number of rotatable bonds is 2. The molecule has 2 N–H and O–H groups in total. The van der Waals surface area contributed by atoms with Crippen molar-refractivity contribution in [1.82, 2.24) is 0 Å². The molecule has 1 unspecified atom stereocenters. The number of ether oxygens (including phenoxy) is 1. The Morgan fingerprint density at radius 2 is 2.27 bits per heavy atom. The highest BCUT2D eigenvalue weighted by Gasteiger charge is 2.25. The van der Waals surface area contributed by atoms with Gasteiger partial charge < -0.3 is 14.9 Å². The van der Waals surface area contributed by atoms with Crippen molar-refractivity contribution in [1.29, 1.82) is 0 Å². The topological polar surface area (TPSA) is 66.8 Å². The van der Waals surface area contributed by atoms with E-state index in [9.17, 15) is 9.90 Å². The fourth-order valence-electron chi connectivity index (χ4n) is 1.63. The number of hydrogen-bond donors (Lipinski definition) is 2. The largest absolute Gasteiger partial charge is 0.493 e. The molecule has 1 aliphatic rings. The Labute approximate surface area is 94.6 Å². The Hall–Kier alpha value is -1.07. The number of aliphatic carboxylic acids is 1. The van der Waals surface area contributed by atoms with Gasteiger partial charge in [0.15, 0.2) is 6.10 Å². The lowest BCUT2D eigenvalue weighted by molar-refractivity contribution is -0.147. The molecule has 0 spiro atoms. The minimum absolute atomic E-state index is 0.310. The van der Waals surface area contributed by atoms with Gasteiger partial charge in [-0.1, -0.05) is 15.9 Å². The van der Waals surface area contributed by atoms with E-state index >= 15 is 0 Å². The minimum Gasteiger partial charge on any atom is -0.493 e. The van der Waals surface area contributed by atoms with E-state index in [1.807, 2.05) is 6.07 Å². The van der Waals surface area contributed by atoms with Gasteiger partial charge in [-0.15, -0.1) is 0 Å². The zero-order valence-electron chi connectivity index (χ0n) is 7.74. The van der Waals surface area contributed by atoms with Crippen LogP contribution < -0.4 is 4.74 Å². The first-order valence-corrected chi connectivity index (χ1v) is 5.25. The number of halogens is 1. The van der Waals surface area contributed by atoms with Crippen LogP contribution in [0.25, 0.3) is 0 Å². The Morgan fingerprint density at radius 1 is 1.53 bits per heavy atom. The average Bonchev–Trinajstić information content (AvgIpc) is 2.62. The van der Waals surface area contributed by atoms with Crippen LogP contribution in [-0.4, -0.2) is 22.8 Å². The van der Waals surface area contributed by atoms with Gasteiger partial charge in [-0.2, -0.15) is 0 Å². The highest BCUT2D eigenvalue weighted by Crippen LogP contribution is 2.36. The van der Waals surface area contributed by atoms with Crippen LogP contribution in [0.1, 0.15) is 17.2 Å². The molecule has 0 radical (unpaired) electrons. The molecule has 1 aromatic rings. The zero-order valence-corrected chi connectivity index (χ0v) is 9.32. The van der Waals surface area contributed by atoms with Crippen molar-refractivity contribution in [2.45, 2.75) is 12.5 Å². The van der Waals surface area contributed by atoms with Gasteiger partial charge in [0.2, 0.25) is 0 Å². The van der Waals surface area contributed by atoms with Crippen molar-refractivity contribution in [3.8, 4) is 5.75 Å². The molecule has 0 saturated heterocycles. The lowest BCUT2D eigenvalue weighted by Crippen LogP contribution is -2.11. The molecule has 1 aromatic carbocycles. The number of fused-ring (bicyclic) bond motifs is 1. The third-order valence-corrected chi connectivity index (χ3v) is 2.76.